The Hall–Kier alpha value is -3.02. The summed E-state index contributed by atoms with van der Waals surface area (Å²) in [6.45, 7) is -1.22. The lowest BCUT2D eigenvalue weighted by molar-refractivity contribution is -0.138. The fourth-order valence-electron chi connectivity index (χ4n) is 2.93. The number of aromatic amines is 1. The highest BCUT2D eigenvalue weighted by molar-refractivity contribution is 9.10. The monoisotopic (exact) mass is 487 g/mol. The molecule has 0 spiro atoms. The molecule has 0 aliphatic rings. The topological polar surface area (TPSA) is 79.6 Å². The Morgan fingerprint density at radius 2 is 1.93 bits per heavy atom. The van der Waals surface area contributed by atoms with E-state index >= 15 is 0 Å². The van der Waals surface area contributed by atoms with Crippen molar-refractivity contribution >= 4 is 32.6 Å². The van der Waals surface area contributed by atoms with Crippen LogP contribution in [0.1, 0.15) is 16.7 Å². The number of hydrogen-bond acceptors (Lipinski definition) is 5. The number of nitrogens with one attached hydrogen (secondary N) is 2. The van der Waals surface area contributed by atoms with E-state index in [0.717, 1.165) is 6.07 Å². The number of tetrazole rings is 1. The van der Waals surface area contributed by atoms with Gasteiger partial charge in [-0.25, -0.2) is 13.9 Å². The molecule has 0 fully saturated rings. The minimum absolute atomic E-state index is 0.0123. The van der Waals surface area contributed by atoms with Crippen LogP contribution < -0.4 is 5.32 Å². The maximum atomic E-state index is 14.9. The van der Waals surface area contributed by atoms with Gasteiger partial charge in [0.25, 0.3) is 0 Å². The molecule has 2 N–H and O–H groups in total. The normalized spacial score (nSPS) is 11.9. The molecular formula is C18H11BrF5N5O. The van der Waals surface area contributed by atoms with E-state index in [1.807, 2.05) is 0 Å². The van der Waals surface area contributed by atoms with Crippen LogP contribution in [0.2, 0.25) is 0 Å². The summed E-state index contributed by atoms with van der Waals surface area (Å²) in [5, 5.41) is 15.9. The maximum absolute atomic E-state index is 14.9. The first-order valence-electron chi connectivity index (χ1n) is 8.42. The van der Waals surface area contributed by atoms with Crippen molar-refractivity contribution in [1.82, 2.24) is 20.6 Å². The first-order valence-corrected chi connectivity index (χ1v) is 9.21. The molecule has 0 radical (unpaired) electrons. The number of anilines is 1. The van der Waals surface area contributed by atoms with Gasteiger partial charge in [-0.3, -0.25) is 0 Å². The second-order valence-corrected chi connectivity index (χ2v) is 7.09. The van der Waals surface area contributed by atoms with Crippen LogP contribution in [-0.4, -0.2) is 20.6 Å². The molecule has 0 aliphatic heterocycles. The van der Waals surface area contributed by atoms with E-state index in [-0.39, 0.29) is 50.4 Å². The molecule has 2 aromatic carbocycles. The Balaban J connectivity index is 1.63. The number of furan rings is 1. The maximum Gasteiger partial charge on any atom is 0.417 e. The predicted octanol–water partition coefficient (Wildman–Crippen LogP) is 5.61. The van der Waals surface area contributed by atoms with Gasteiger partial charge < -0.3 is 9.73 Å². The van der Waals surface area contributed by atoms with Crippen molar-refractivity contribution in [2.45, 2.75) is 19.4 Å². The number of benzene rings is 2. The van der Waals surface area contributed by atoms with Crippen molar-refractivity contribution in [2.75, 3.05) is 5.32 Å². The lowest BCUT2D eigenvalue weighted by Crippen LogP contribution is -2.10. The second kappa shape index (κ2) is 7.67. The molecule has 0 saturated carbocycles. The van der Waals surface area contributed by atoms with E-state index in [4.69, 9.17) is 4.42 Å². The van der Waals surface area contributed by atoms with Crippen LogP contribution in [0.4, 0.5) is 27.6 Å². The molecular weight excluding hydrogens is 477 g/mol. The van der Waals surface area contributed by atoms with Gasteiger partial charge in [0.05, 0.1) is 10.9 Å². The van der Waals surface area contributed by atoms with Crippen molar-refractivity contribution in [3.8, 4) is 11.6 Å². The van der Waals surface area contributed by atoms with Gasteiger partial charge in [0, 0.05) is 22.3 Å². The van der Waals surface area contributed by atoms with Gasteiger partial charge in [0.2, 0.25) is 5.82 Å². The summed E-state index contributed by atoms with van der Waals surface area (Å²) in [5.74, 6) is -0.158. The third-order valence-corrected chi connectivity index (χ3v) is 5.31. The SMILES string of the molecule is FCc1cc(NCc2ccc3oc(-c4nnn[nH]4)cc3c2F)cc(C(F)(F)F)c1Br. The van der Waals surface area contributed by atoms with Crippen LogP contribution >= 0.6 is 15.9 Å². The van der Waals surface area contributed by atoms with Gasteiger partial charge in [0.1, 0.15) is 18.1 Å². The molecule has 156 valence electrons. The van der Waals surface area contributed by atoms with Crippen LogP contribution in [-0.2, 0) is 19.4 Å². The Bertz CT molecular complexity index is 1210. The molecule has 0 unspecified atom stereocenters. The second-order valence-electron chi connectivity index (χ2n) is 6.29. The van der Waals surface area contributed by atoms with E-state index in [1.54, 1.807) is 0 Å². The molecule has 4 rings (SSSR count). The van der Waals surface area contributed by atoms with Crippen molar-refractivity contribution in [1.29, 1.82) is 0 Å². The first-order chi connectivity index (χ1) is 14.3. The zero-order valence-corrected chi connectivity index (χ0v) is 16.4. The van der Waals surface area contributed by atoms with Crippen molar-refractivity contribution in [2.24, 2.45) is 0 Å². The van der Waals surface area contributed by atoms with Gasteiger partial charge in [-0.2, -0.15) is 13.2 Å². The molecule has 2 aromatic heterocycles. The highest BCUT2D eigenvalue weighted by Gasteiger charge is 2.34. The molecule has 4 aromatic rings. The number of rotatable bonds is 5. The van der Waals surface area contributed by atoms with E-state index in [1.165, 1.54) is 24.3 Å². The van der Waals surface area contributed by atoms with Gasteiger partial charge in [0.15, 0.2) is 5.76 Å². The average molecular weight is 488 g/mol. The van der Waals surface area contributed by atoms with Crippen molar-refractivity contribution < 1.29 is 26.4 Å². The summed E-state index contributed by atoms with van der Waals surface area (Å²) < 4.78 is 72.8. The zero-order chi connectivity index (χ0) is 21.5. The number of halogens is 6. The van der Waals surface area contributed by atoms with Crippen LogP contribution in [0.3, 0.4) is 0 Å². The van der Waals surface area contributed by atoms with Gasteiger partial charge in [-0.05, 0) is 56.2 Å². The van der Waals surface area contributed by atoms with Crippen molar-refractivity contribution in [3.05, 3.63) is 57.3 Å². The molecule has 12 heteroatoms. The zero-order valence-electron chi connectivity index (χ0n) is 14.8. The Morgan fingerprint density at radius 1 is 1.13 bits per heavy atom. The summed E-state index contributed by atoms with van der Waals surface area (Å²) in [6.07, 6.45) is -4.67. The molecule has 0 saturated heterocycles. The number of fused-ring (bicyclic) bond motifs is 1. The lowest BCUT2D eigenvalue weighted by atomic mass is 10.1. The number of alkyl halides is 4. The van der Waals surface area contributed by atoms with E-state index in [9.17, 15) is 22.0 Å². The predicted molar refractivity (Wildman–Crippen MR) is 101 cm³/mol. The average Bonchev–Trinajstić information content (AvgIpc) is 3.37. The Labute approximate surface area is 173 Å². The fourth-order valence-corrected chi connectivity index (χ4v) is 3.49. The number of hydrogen-bond donors (Lipinski definition) is 2. The molecule has 2 heterocycles. The van der Waals surface area contributed by atoms with Gasteiger partial charge in [-0.1, -0.05) is 6.07 Å². The van der Waals surface area contributed by atoms with Gasteiger partial charge >= 0.3 is 6.18 Å². The summed E-state index contributed by atoms with van der Waals surface area (Å²) >= 11 is 2.79. The van der Waals surface area contributed by atoms with E-state index in [0.29, 0.717) is 0 Å². The Morgan fingerprint density at radius 3 is 2.60 bits per heavy atom. The Kier molecular flexibility index (Phi) is 5.18. The van der Waals surface area contributed by atoms with Crippen LogP contribution in [0, 0.1) is 5.82 Å². The molecule has 0 aliphatic carbocycles. The van der Waals surface area contributed by atoms with Crippen molar-refractivity contribution in [3.63, 3.8) is 0 Å². The molecule has 0 atom stereocenters. The highest BCUT2D eigenvalue weighted by atomic mass is 79.9. The summed E-state index contributed by atoms with van der Waals surface area (Å²) in [7, 11) is 0. The quantitative estimate of drug-likeness (QED) is 0.357. The summed E-state index contributed by atoms with van der Waals surface area (Å²) in [4.78, 5) is 0. The van der Waals surface area contributed by atoms with Crippen LogP contribution in [0.15, 0.2) is 39.2 Å². The summed E-state index contributed by atoms with van der Waals surface area (Å²) in [6, 6.07) is 6.46. The largest absolute Gasteiger partial charge is 0.453 e. The number of H-pyrrole nitrogens is 1. The van der Waals surface area contributed by atoms with E-state index in [2.05, 4.69) is 41.9 Å². The third-order valence-electron chi connectivity index (χ3n) is 4.37. The lowest BCUT2D eigenvalue weighted by Gasteiger charge is -2.15. The van der Waals surface area contributed by atoms with E-state index < -0.39 is 24.2 Å². The molecule has 30 heavy (non-hydrogen) atoms. The smallest absolute Gasteiger partial charge is 0.417 e. The van der Waals surface area contributed by atoms with Gasteiger partial charge in [-0.15, -0.1) is 5.10 Å². The first kappa shape index (κ1) is 20.3. The summed E-state index contributed by atoms with van der Waals surface area (Å²) in [5.41, 5.74) is -0.730. The molecule has 6 nitrogen and oxygen atoms in total. The number of aromatic nitrogens is 4. The number of nitrogens with zero attached hydrogens (tertiary/aromatic N) is 3. The standard InChI is InChI=1S/C18H11BrF5N5O/c19-15-9(6-20)3-10(4-12(15)18(22,23)24)25-7-8-1-2-13-11(16(8)21)5-14(30-13)17-26-28-29-27-17/h1-5,25H,6-7H2,(H,26,27,28,29). The van der Waals surface area contributed by atoms with Crippen LogP contribution in [0.25, 0.3) is 22.6 Å². The fraction of sp³-hybridized carbons (Fsp3) is 0.167. The third kappa shape index (κ3) is 3.74. The highest BCUT2D eigenvalue weighted by Crippen LogP contribution is 2.39. The molecule has 0 bridgehead atoms. The minimum Gasteiger partial charge on any atom is -0.453 e. The van der Waals surface area contributed by atoms with Crippen LogP contribution in [0.5, 0.6) is 0 Å². The molecule has 0 amide bonds. The minimum atomic E-state index is -4.67.